The molecule has 1 fully saturated rings. The number of hydrogen-bond donors (Lipinski definition) is 1. The number of halogens is 1. The van der Waals surface area contributed by atoms with E-state index in [0.717, 1.165) is 27.2 Å². The van der Waals surface area contributed by atoms with Gasteiger partial charge in [0.25, 0.3) is 5.91 Å². The van der Waals surface area contributed by atoms with E-state index in [2.05, 4.69) is 5.32 Å². The van der Waals surface area contributed by atoms with Gasteiger partial charge < -0.3 is 5.32 Å². The van der Waals surface area contributed by atoms with Crippen LogP contribution in [-0.2, 0) is 16.9 Å². The lowest BCUT2D eigenvalue weighted by atomic mass is 9.91. The Balaban J connectivity index is 1.97. The van der Waals surface area contributed by atoms with Crippen LogP contribution in [0.4, 0.5) is 9.18 Å². The third-order valence-electron chi connectivity index (χ3n) is 4.84. The zero-order valence-corrected chi connectivity index (χ0v) is 14.8. The minimum absolute atomic E-state index is 0.173. The second kappa shape index (κ2) is 5.99. The zero-order valence-electron chi connectivity index (χ0n) is 14.8. The van der Waals surface area contributed by atoms with E-state index in [1.807, 2.05) is 32.9 Å². The van der Waals surface area contributed by atoms with Gasteiger partial charge in [-0.3, -0.25) is 9.69 Å². The molecule has 5 heteroatoms. The van der Waals surface area contributed by atoms with Crippen molar-refractivity contribution in [2.24, 2.45) is 0 Å². The van der Waals surface area contributed by atoms with Crippen LogP contribution in [0, 0.1) is 26.6 Å². The molecule has 0 spiro atoms. The van der Waals surface area contributed by atoms with E-state index in [9.17, 15) is 14.0 Å². The topological polar surface area (TPSA) is 49.4 Å². The fraction of sp³-hybridized carbons (Fsp3) is 0.300. The SMILES string of the molecule is Cc1cc(C)c(CN2C(=O)NC(C)(c3ccccc3F)C2=O)c(C)c1. The van der Waals surface area contributed by atoms with Gasteiger partial charge in [0.15, 0.2) is 0 Å². The number of nitrogens with one attached hydrogen (secondary N) is 1. The average Bonchev–Trinajstić information content (AvgIpc) is 2.74. The summed E-state index contributed by atoms with van der Waals surface area (Å²) in [5.74, 6) is -0.954. The van der Waals surface area contributed by atoms with Gasteiger partial charge in [-0.25, -0.2) is 9.18 Å². The first-order chi connectivity index (χ1) is 11.7. The van der Waals surface area contributed by atoms with Crippen molar-refractivity contribution in [3.8, 4) is 0 Å². The second-order valence-electron chi connectivity index (χ2n) is 6.80. The molecule has 0 bridgehead atoms. The smallest absolute Gasteiger partial charge is 0.319 e. The molecule has 130 valence electrons. The first-order valence-corrected chi connectivity index (χ1v) is 8.20. The summed E-state index contributed by atoms with van der Waals surface area (Å²) >= 11 is 0. The van der Waals surface area contributed by atoms with Crippen LogP contribution in [0.2, 0.25) is 0 Å². The number of hydrogen-bond acceptors (Lipinski definition) is 2. The van der Waals surface area contributed by atoms with Crippen molar-refractivity contribution >= 4 is 11.9 Å². The molecule has 3 amide bonds. The molecule has 2 aromatic carbocycles. The third-order valence-corrected chi connectivity index (χ3v) is 4.84. The number of carbonyl (C=O) groups is 2. The van der Waals surface area contributed by atoms with Crippen molar-refractivity contribution in [1.29, 1.82) is 0 Å². The van der Waals surface area contributed by atoms with Gasteiger partial charge >= 0.3 is 6.03 Å². The van der Waals surface area contributed by atoms with Gasteiger partial charge in [0.1, 0.15) is 11.4 Å². The molecule has 1 saturated heterocycles. The van der Waals surface area contributed by atoms with Gasteiger partial charge in [-0.15, -0.1) is 0 Å². The molecule has 0 aliphatic carbocycles. The van der Waals surface area contributed by atoms with Crippen molar-refractivity contribution in [3.05, 3.63) is 70.0 Å². The minimum Gasteiger partial charge on any atom is -0.319 e. The number of benzene rings is 2. The third kappa shape index (κ3) is 2.80. The number of carbonyl (C=O) groups excluding carboxylic acids is 2. The summed E-state index contributed by atoms with van der Waals surface area (Å²) in [7, 11) is 0. The lowest BCUT2D eigenvalue weighted by Gasteiger charge is -2.23. The van der Waals surface area contributed by atoms with Gasteiger partial charge in [-0.1, -0.05) is 35.9 Å². The van der Waals surface area contributed by atoms with Crippen molar-refractivity contribution in [2.75, 3.05) is 0 Å². The number of aryl methyl sites for hydroxylation is 3. The van der Waals surface area contributed by atoms with E-state index in [0.29, 0.717) is 0 Å². The zero-order chi connectivity index (χ0) is 18.4. The summed E-state index contributed by atoms with van der Waals surface area (Å²) in [6.07, 6.45) is 0. The molecular weight excluding hydrogens is 319 g/mol. The molecule has 1 aliphatic rings. The predicted molar refractivity (Wildman–Crippen MR) is 93.5 cm³/mol. The Morgan fingerprint density at radius 3 is 2.28 bits per heavy atom. The Bertz CT molecular complexity index is 855. The quantitative estimate of drug-likeness (QED) is 0.866. The molecule has 0 saturated carbocycles. The maximum absolute atomic E-state index is 14.2. The summed E-state index contributed by atoms with van der Waals surface area (Å²) in [6, 6.07) is 9.57. The van der Waals surface area contributed by atoms with Crippen molar-refractivity contribution < 1.29 is 14.0 Å². The van der Waals surface area contributed by atoms with Crippen LogP contribution in [-0.4, -0.2) is 16.8 Å². The van der Waals surface area contributed by atoms with Crippen molar-refractivity contribution in [2.45, 2.75) is 39.8 Å². The fourth-order valence-corrected chi connectivity index (χ4v) is 3.51. The summed E-state index contributed by atoms with van der Waals surface area (Å²) in [5.41, 5.74) is 2.90. The molecule has 1 unspecified atom stereocenters. The molecule has 2 aromatic rings. The van der Waals surface area contributed by atoms with Crippen molar-refractivity contribution in [1.82, 2.24) is 10.2 Å². The van der Waals surface area contributed by atoms with E-state index in [-0.39, 0.29) is 12.1 Å². The Hall–Kier alpha value is -2.69. The molecular formula is C20H21FN2O2. The van der Waals surface area contributed by atoms with Gasteiger partial charge in [0.2, 0.25) is 0 Å². The Labute approximate surface area is 146 Å². The van der Waals surface area contributed by atoms with Gasteiger partial charge in [-0.05, 0) is 50.5 Å². The lowest BCUT2D eigenvalue weighted by molar-refractivity contribution is -0.131. The molecule has 4 nitrogen and oxygen atoms in total. The molecule has 1 heterocycles. The monoisotopic (exact) mass is 340 g/mol. The average molecular weight is 340 g/mol. The van der Waals surface area contributed by atoms with Crippen LogP contribution in [0.3, 0.4) is 0 Å². The molecule has 1 atom stereocenters. The summed E-state index contributed by atoms with van der Waals surface area (Å²) in [4.78, 5) is 26.6. The molecule has 3 rings (SSSR count). The highest BCUT2D eigenvalue weighted by atomic mass is 19.1. The first kappa shape index (κ1) is 17.1. The summed E-state index contributed by atoms with van der Waals surface area (Å²) in [6.45, 7) is 7.65. The van der Waals surface area contributed by atoms with E-state index >= 15 is 0 Å². The Morgan fingerprint density at radius 2 is 1.68 bits per heavy atom. The van der Waals surface area contributed by atoms with Crippen LogP contribution >= 0.6 is 0 Å². The van der Waals surface area contributed by atoms with Crippen LogP contribution < -0.4 is 5.32 Å². The van der Waals surface area contributed by atoms with Crippen LogP contribution in [0.1, 0.15) is 34.7 Å². The van der Waals surface area contributed by atoms with Crippen LogP contribution in [0.25, 0.3) is 0 Å². The second-order valence-corrected chi connectivity index (χ2v) is 6.80. The first-order valence-electron chi connectivity index (χ1n) is 8.20. The number of imide groups is 1. The maximum Gasteiger partial charge on any atom is 0.325 e. The maximum atomic E-state index is 14.2. The Kier molecular flexibility index (Phi) is 4.11. The van der Waals surface area contributed by atoms with E-state index < -0.39 is 23.3 Å². The lowest BCUT2D eigenvalue weighted by Crippen LogP contribution is -2.41. The number of urea groups is 1. The molecule has 1 N–H and O–H groups in total. The van der Waals surface area contributed by atoms with E-state index in [1.165, 1.54) is 12.1 Å². The van der Waals surface area contributed by atoms with Gasteiger partial charge in [0.05, 0.1) is 6.54 Å². The largest absolute Gasteiger partial charge is 0.325 e. The van der Waals surface area contributed by atoms with Crippen molar-refractivity contribution in [3.63, 3.8) is 0 Å². The number of amides is 3. The number of nitrogens with zero attached hydrogens (tertiary/aromatic N) is 1. The minimum atomic E-state index is -1.39. The highest BCUT2D eigenvalue weighted by Gasteiger charge is 2.50. The highest BCUT2D eigenvalue weighted by Crippen LogP contribution is 2.32. The molecule has 1 aliphatic heterocycles. The van der Waals surface area contributed by atoms with E-state index in [4.69, 9.17) is 0 Å². The van der Waals surface area contributed by atoms with E-state index in [1.54, 1.807) is 19.1 Å². The predicted octanol–water partition coefficient (Wildman–Crippen LogP) is 3.72. The highest BCUT2D eigenvalue weighted by molar-refractivity contribution is 6.07. The summed E-state index contributed by atoms with van der Waals surface area (Å²) < 4.78 is 14.2. The normalized spacial score (nSPS) is 20.1. The molecule has 25 heavy (non-hydrogen) atoms. The van der Waals surface area contributed by atoms with Gasteiger partial charge in [-0.2, -0.15) is 0 Å². The Morgan fingerprint density at radius 1 is 1.08 bits per heavy atom. The van der Waals surface area contributed by atoms with Gasteiger partial charge in [0, 0.05) is 5.56 Å². The van der Waals surface area contributed by atoms with Crippen LogP contribution in [0.15, 0.2) is 36.4 Å². The fourth-order valence-electron chi connectivity index (χ4n) is 3.51. The molecule has 0 aromatic heterocycles. The van der Waals surface area contributed by atoms with Crippen LogP contribution in [0.5, 0.6) is 0 Å². The standard InChI is InChI=1S/C20H21FN2O2/c1-12-9-13(2)15(14(3)10-12)11-23-18(24)20(4,22-19(23)25)16-7-5-6-8-17(16)21/h5-10H,11H2,1-4H3,(H,22,25). The summed E-state index contributed by atoms with van der Waals surface area (Å²) in [5, 5.41) is 2.66. The molecule has 0 radical (unpaired) electrons. The number of rotatable bonds is 3.